The molecule has 0 unspecified atom stereocenters. The Morgan fingerprint density at radius 3 is 2.33 bits per heavy atom. The number of rotatable bonds is 5. The van der Waals surface area contributed by atoms with Crippen LogP contribution in [0.3, 0.4) is 0 Å². The van der Waals surface area contributed by atoms with Crippen LogP contribution >= 0.6 is 0 Å². The molecule has 2 N–H and O–H groups in total. The van der Waals surface area contributed by atoms with Crippen LogP contribution in [0.5, 0.6) is 0 Å². The van der Waals surface area contributed by atoms with Gasteiger partial charge in [-0.3, -0.25) is 9.59 Å². The predicted octanol–water partition coefficient (Wildman–Crippen LogP) is 2.47. The molecule has 4 nitrogen and oxygen atoms in total. The molecule has 0 fully saturated rings. The maximum atomic E-state index is 11.8. The summed E-state index contributed by atoms with van der Waals surface area (Å²) in [6.45, 7) is 10.5. The number of hydrogen-bond donors (Lipinski definition) is 2. The zero-order valence-electron chi connectivity index (χ0n) is 13.7. The number of nitrogens with one attached hydrogen (secondary N) is 2. The highest BCUT2D eigenvalue weighted by Crippen LogP contribution is 2.12. The van der Waals surface area contributed by atoms with Crippen molar-refractivity contribution in [2.45, 2.75) is 47.6 Å². The summed E-state index contributed by atoms with van der Waals surface area (Å²) in [5, 5.41) is 5.65. The molecule has 116 valence electrons. The molecule has 1 rings (SSSR count). The Balaban J connectivity index is 2.33. The molecule has 0 aromatic heterocycles. The zero-order valence-corrected chi connectivity index (χ0v) is 13.7. The molecule has 1 aromatic carbocycles. The molecule has 0 bridgehead atoms. The minimum atomic E-state index is -0.421. The van der Waals surface area contributed by atoms with Gasteiger partial charge in [0.2, 0.25) is 11.8 Å². The highest BCUT2D eigenvalue weighted by Gasteiger charge is 2.20. The van der Waals surface area contributed by atoms with Gasteiger partial charge in [0, 0.05) is 24.9 Å². The van der Waals surface area contributed by atoms with E-state index in [-0.39, 0.29) is 11.8 Å². The van der Waals surface area contributed by atoms with Gasteiger partial charge < -0.3 is 10.6 Å². The molecule has 4 heteroatoms. The summed E-state index contributed by atoms with van der Waals surface area (Å²) < 4.78 is 0. The summed E-state index contributed by atoms with van der Waals surface area (Å²) in [6.07, 6.45) is 0.298. The van der Waals surface area contributed by atoms with E-state index in [1.165, 1.54) is 11.1 Å². The molecule has 0 aliphatic carbocycles. The first kappa shape index (κ1) is 17.2. The van der Waals surface area contributed by atoms with Crippen molar-refractivity contribution in [3.05, 3.63) is 34.9 Å². The average Bonchev–Trinajstić information content (AvgIpc) is 2.36. The topological polar surface area (TPSA) is 58.2 Å². The van der Waals surface area contributed by atoms with E-state index < -0.39 is 5.41 Å². The van der Waals surface area contributed by atoms with Crippen molar-refractivity contribution in [2.24, 2.45) is 5.41 Å². The third-order valence-electron chi connectivity index (χ3n) is 3.29. The van der Waals surface area contributed by atoms with Crippen LogP contribution in [-0.4, -0.2) is 18.4 Å². The standard InChI is InChI=1S/C17H26N2O2/c1-12-6-7-14(13(2)10-12)11-19-15(20)8-9-18-16(21)17(3,4)5/h6-7,10H,8-9,11H2,1-5H3,(H,18,21)(H,19,20). The Morgan fingerprint density at radius 2 is 1.76 bits per heavy atom. The summed E-state index contributed by atoms with van der Waals surface area (Å²) in [4.78, 5) is 23.4. The third-order valence-corrected chi connectivity index (χ3v) is 3.29. The van der Waals surface area contributed by atoms with Gasteiger partial charge in [-0.15, -0.1) is 0 Å². The second kappa shape index (κ2) is 7.25. The van der Waals surface area contributed by atoms with Gasteiger partial charge in [0.1, 0.15) is 0 Å². The van der Waals surface area contributed by atoms with Crippen molar-refractivity contribution < 1.29 is 9.59 Å². The number of benzene rings is 1. The van der Waals surface area contributed by atoms with Crippen LogP contribution in [0.15, 0.2) is 18.2 Å². The summed E-state index contributed by atoms with van der Waals surface area (Å²) in [6, 6.07) is 6.18. The lowest BCUT2D eigenvalue weighted by Gasteiger charge is -2.17. The first-order chi connectivity index (χ1) is 9.70. The highest BCUT2D eigenvalue weighted by molar-refractivity contribution is 5.82. The minimum Gasteiger partial charge on any atom is -0.355 e. The van der Waals surface area contributed by atoms with E-state index in [0.29, 0.717) is 19.5 Å². The van der Waals surface area contributed by atoms with Gasteiger partial charge in [-0.1, -0.05) is 44.5 Å². The van der Waals surface area contributed by atoms with E-state index in [0.717, 1.165) is 5.56 Å². The van der Waals surface area contributed by atoms with Gasteiger partial charge in [-0.05, 0) is 25.0 Å². The second-order valence-electron chi connectivity index (χ2n) is 6.46. The number of hydrogen-bond acceptors (Lipinski definition) is 2. The van der Waals surface area contributed by atoms with Crippen LogP contribution in [0.4, 0.5) is 0 Å². The Morgan fingerprint density at radius 1 is 1.10 bits per heavy atom. The smallest absolute Gasteiger partial charge is 0.225 e. The average molecular weight is 290 g/mol. The minimum absolute atomic E-state index is 0.0373. The van der Waals surface area contributed by atoms with Crippen LogP contribution in [-0.2, 0) is 16.1 Å². The monoisotopic (exact) mass is 290 g/mol. The molecule has 1 aromatic rings. The van der Waals surface area contributed by atoms with Gasteiger partial charge in [0.05, 0.1) is 0 Å². The van der Waals surface area contributed by atoms with E-state index in [1.807, 2.05) is 46.8 Å². The molecule has 2 amide bonds. The summed E-state index contributed by atoms with van der Waals surface area (Å²) >= 11 is 0. The lowest BCUT2D eigenvalue weighted by atomic mass is 9.96. The van der Waals surface area contributed by atoms with Crippen LogP contribution in [0, 0.1) is 19.3 Å². The molecule has 21 heavy (non-hydrogen) atoms. The number of aryl methyl sites for hydroxylation is 2. The van der Waals surface area contributed by atoms with E-state index >= 15 is 0 Å². The molecule has 0 spiro atoms. The van der Waals surface area contributed by atoms with Crippen LogP contribution in [0.2, 0.25) is 0 Å². The SMILES string of the molecule is Cc1ccc(CNC(=O)CCNC(=O)C(C)(C)C)c(C)c1. The largest absolute Gasteiger partial charge is 0.355 e. The van der Waals surface area contributed by atoms with Gasteiger partial charge in [-0.25, -0.2) is 0 Å². The number of carbonyl (C=O) groups excluding carboxylic acids is 2. The van der Waals surface area contributed by atoms with E-state index in [4.69, 9.17) is 0 Å². The molecule has 0 radical (unpaired) electrons. The van der Waals surface area contributed by atoms with Crippen molar-refractivity contribution in [3.63, 3.8) is 0 Å². The molecule has 0 aliphatic heterocycles. The van der Waals surface area contributed by atoms with Gasteiger partial charge in [0.15, 0.2) is 0 Å². The number of amides is 2. The summed E-state index contributed by atoms with van der Waals surface area (Å²) in [7, 11) is 0. The molecular formula is C17H26N2O2. The first-order valence-corrected chi connectivity index (χ1v) is 7.31. The van der Waals surface area contributed by atoms with Crippen LogP contribution < -0.4 is 10.6 Å². The molecule has 0 aliphatic rings. The van der Waals surface area contributed by atoms with E-state index in [1.54, 1.807) is 0 Å². The van der Waals surface area contributed by atoms with Crippen molar-refractivity contribution in [3.8, 4) is 0 Å². The maximum Gasteiger partial charge on any atom is 0.225 e. The third kappa shape index (κ3) is 5.98. The fourth-order valence-electron chi connectivity index (χ4n) is 1.88. The van der Waals surface area contributed by atoms with Gasteiger partial charge in [0.25, 0.3) is 0 Å². The normalized spacial score (nSPS) is 11.1. The molecule has 0 atom stereocenters. The zero-order chi connectivity index (χ0) is 16.0. The van der Waals surface area contributed by atoms with Crippen LogP contribution in [0.1, 0.15) is 43.9 Å². The lowest BCUT2D eigenvalue weighted by molar-refractivity contribution is -0.128. The highest BCUT2D eigenvalue weighted by atomic mass is 16.2. The first-order valence-electron chi connectivity index (χ1n) is 7.31. The number of carbonyl (C=O) groups is 2. The van der Waals surface area contributed by atoms with Gasteiger partial charge in [-0.2, -0.15) is 0 Å². The summed E-state index contributed by atoms with van der Waals surface area (Å²) in [5.74, 6) is -0.0890. The van der Waals surface area contributed by atoms with Crippen molar-refractivity contribution in [1.29, 1.82) is 0 Å². The van der Waals surface area contributed by atoms with Crippen molar-refractivity contribution >= 4 is 11.8 Å². The van der Waals surface area contributed by atoms with Crippen molar-refractivity contribution in [2.75, 3.05) is 6.54 Å². The quantitative estimate of drug-likeness (QED) is 0.875. The molecule has 0 saturated heterocycles. The molecular weight excluding hydrogens is 264 g/mol. The van der Waals surface area contributed by atoms with E-state index in [9.17, 15) is 9.59 Å². The van der Waals surface area contributed by atoms with Crippen molar-refractivity contribution in [1.82, 2.24) is 10.6 Å². The van der Waals surface area contributed by atoms with Gasteiger partial charge >= 0.3 is 0 Å². The van der Waals surface area contributed by atoms with Crippen LogP contribution in [0.25, 0.3) is 0 Å². The Labute approximate surface area is 127 Å². The fourth-order valence-corrected chi connectivity index (χ4v) is 1.88. The Bertz CT molecular complexity index is 516. The lowest BCUT2D eigenvalue weighted by Crippen LogP contribution is -2.37. The molecule has 0 saturated carbocycles. The summed E-state index contributed by atoms with van der Waals surface area (Å²) in [5.41, 5.74) is 3.09. The Hall–Kier alpha value is -1.84. The Kier molecular flexibility index (Phi) is 5.94. The predicted molar refractivity (Wildman–Crippen MR) is 84.8 cm³/mol. The fraction of sp³-hybridized carbons (Fsp3) is 0.529. The maximum absolute atomic E-state index is 11.8. The molecule has 0 heterocycles. The second-order valence-corrected chi connectivity index (χ2v) is 6.46. The van der Waals surface area contributed by atoms with E-state index in [2.05, 4.69) is 16.7 Å².